The Morgan fingerprint density at radius 2 is 2.25 bits per heavy atom. The fourth-order valence-corrected chi connectivity index (χ4v) is 2.05. The third-order valence-corrected chi connectivity index (χ3v) is 3.36. The van der Waals surface area contributed by atoms with Gasteiger partial charge in [0.15, 0.2) is 0 Å². The molecule has 2 N–H and O–H groups in total. The smallest absolute Gasteiger partial charge is 0.255 e. The Labute approximate surface area is 120 Å². The maximum absolute atomic E-state index is 12.6. The number of hydrogen-bond donors (Lipinski definition) is 1. The first-order chi connectivity index (χ1) is 9.61. The molecule has 1 fully saturated rings. The Kier molecular flexibility index (Phi) is 4.75. The highest BCUT2D eigenvalue weighted by Crippen LogP contribution is 2.30. The van der Waals surface area contributed by atoms with Crippen LogP contribution in [0.3, 0.4) is 0 Å². The molecule has 0 spiro atoms. The second kappa shape index (κ2) is 6.53. The topological polar surface area (TPSA) is 59.2 Å². The summed E-state index contributed by atoms with van der Waals surface area (Å²) in [4.78, 5) is 18.6. The van der Waals surface area contributed by atoms with Gasteiger partial charge in [-0.2, -0.15) is 0 Å². The van der Waals surface area contributed by atoms with Crippen LogP contribution in [0, 0.1) is 17.8 Å². The van der Waals surface area contributed by atoms with Crippen LogP contribution in [0.25, 0.3) is 0 Å². The van der Waals surface area contributed by atoms with E-state index < -0.39 is 0 Å². The Balaban J connectivity index is 2.17. The molecule has 1 aromatic heterocycles. The van der Waals surface area contributed by atoms with E-state index in [2.05, 4.69) is 16.8 Å². The summed E-state index contributed by atoms with van der Waals surface area (Å²) in [5.41, 5.74) is 6.69. The van der Waals surface area contributed by atoms with E-state index in [0.717, 1.165) is 12.1 Å². The second-order valence-corrected chi connectivity index (χ2v) is 5.46. The Morgan fingerprint density at radius 3 is 2.85 bits per heavy atom. The van der Waals surface area contributed by atoms with Crippen molar-refractivity contribution in [2.45, 2.75) is 32.7 Å². The SMILES string of the molecule is CC(C)N(CC1CC1)C(=O)c1cncc(C#CCN)c1. The van der Waals surface area contributed by atoms with E-state index >= 15 is 0 Å². The third-order valence-electron chi connectivity index (χ3n) is 3.36. The lowest BCUT2D eigenvalue weighted by Crippen LogP contribution is -2.38. The Hall–Kier alpha value is -1.86. The second-order valence-electron chi connectivity index (χ2n) is 5.46. The molecule has 0 bridgehead atoms. The maximum atomic E-state index is 12.6. The fraction of sp³-hybridized carbons (Fsp3) is 0.500. The third kappa shape index (κ3) is 3.82. The molecule has 0 aromatic carbocycles. The highest BCUT2D eigenvalue weighted by molar-refractivity contribution is 5.94. The number of hydrogen-bond acceptors (Lipinski definition) is 3. The van der Waals surface area contributed by atoms with E-state index in [4.69, 9.17) is 5.73 Å². The van der Waals surface area contributed by atoms with Crippen LogP contribution in [0.1, 0.15) is 42.6 Å². The van der Waals surface area contributed by atoms with Gasteiger partial charge in [-0.3, -0.25) is 9.78 Å². The molecule has 106 valence electrons. The molecule has 1 aliphatic rings. The average molecular weight is 271 g/mol. The number of nitrogens with two attached hydrogens (primary N) is 1. The number of carbonyl (C=O) groups excluding carboxylic acids is 1. The van der Waals surface area contributed by atoms with Crippen LogP contribution in [-0.2, 0) is 0 Å². The first-order valence-electron chi connectivity index (χ1n) is 7.06. The molecule has 20 heavy (non-hydrogen) atoms. The number of pyridine rings is 1. The maximum Gasteiger partial charge on any atom is 0.255 e. The number of amides is 1. The van der Waals surface area contributed by atoms with Crippen molar-refractivity contribution < 1.29 is 4.79 Å². The highest BCUT2D eigenvalue weighted by atomic mass is 16.2. The molecule has 0 aliphatic heterocycles. The quantitative estimate of drug-likeness (QED) is 0.847. The highest BCUT2D eigenvalue weighted by Gasteiger charge is 2.28. The molecule has 1 heterocycles. The Morgan fingerprint density at radius 1 is 1.50 bits per heavy atom. The summed E-state index contributed by atoms with van der Waals surface area (Å²) in [6.07, 6.45) is 5.73. The molecule has 1 amide bonds. The molecule has 0 radical (unpaired) electrons. The van der Waals surface area contributed by atoms with Gasteiger partial charge in [0.2, 0.25) is 0 Å². The van der Waals surface area contributed by atoms with Gasteiger partial charge < -0.3 is 10.6 Å². The van der Waals surface area contributed by atoms with Crippen LogP contribution in [-0.4, -0.2) is 34.9 Å². The molecule has 0 unspecified atom stereocenters. The summed E-state index contributed by atoms with van der Waals surface area (Å²) in [6.45, 7) is 5.24. The van der Waals surface area contributed by atoms with Crippen molar-refractivity contribution in [1.82, 2.24) is 9.88 Å². The van der Waals surface area contributed by atoms with E-state index in [0.29, 0.717) is 18.0 Å². The Bertz CT molecular complexity index is 538. The molecule has 1 aromatic rings. The zero-order chi connectivity index (χ0) is 14.5. The minimum absolute atomic E-state index is 0.0378. The lowest BCUT2D eigenvalue weighted by Gasteiger charge is -2.26. The largest absolute Gasteiger partial charge is 0.336 e. The molecular formula is C16H21N3O. The van der Waals surface area contributed by atoms with Gasteiger partial charge in [0, 0.05) is 30.5 Å². The molecule has 4 heteroatoms. The zero-order valence-electron chi connectivity index (χ0n) is 12.1. The van der Waals surface area contributed by atoms with E-state index in [1.54, 1.807) is 18.5 Å². The molecule has 4 nitrogen and oxygen atoms in total. The standard InChI is InChI=1S/C16H21N3O/c1-12(2)19(11-13-5-6-13)16(20)15-8-14(4-3-7-17)9-18-10-15/h8-10,12-13H,5-7,11,17H2,1-2H3. The summed E-state index contributed by atoms with van der Waals surface area (Å²) in [5, 5.41) is 0. The van der Waals surface area contributed by atoms with Crippen LogP contribution >= 0.6 is 0 Å². The molecule has 0 saturated heterocycles. The van der Waals surface area contributed by atoms with Gasteiger partial charge in [0.25, 0.3) is 5.91 Å². The van der Waals surface area contributed by atoms with Crippen molar-refractivity contribution in [3.05, 3.63) is 29.6 Å². The van der Waals surface area contributed by atoms with E-state index in [9.17, 15) is 4.79 Å². The van der Waals surface area contributed by atoms with E-state index in [1.165, 1.54) is 12.8 Å². The van der Waals surface area contributed by atoms with Gasteiger partial charge in [-0.1, -0.05) is 11.8 Å². The minimum atomic E-state index is 0.0378. The lowest BCUT2D eigenvalue weighted by molar-refractivity contribution is 0.0695. The van der Waals surface area contributed by atoms with Crippen LogP contribution in [0.15, 0.2) is 18.5 Å². The molecule has 0 atom stereocenters. The summed E-state index contributed by atoms with van der Waals surface area (Å²) >= 11 is 0. The minimum Gasteiger partial charge on any atom is -0.336 e. The van der Waals surface area contributed by atoms with Crippen LogP contribution in [0.4, 0.5) is 0 Å². The monoisotopic (exact) mass is 271 g/mol. The van der Waals surface area contributed by atoms with E-state index in [1.807, 2.05) is 18.7 Å². The van der Waals surface area contributed by atoms with Gasteiger partial charge >= 0.3 is 0 Å². The van der Waals surface area contributed by atoms with Crippen molar-refractivity contribution in [3.8, 4) is 11.8 Å². The molecular weight excluding hydrogens is 250 g/mol. The van der Waals surface area contributed by atoms with Crippen molar-refractivity contribution in [2.24, 2.45) is 11.7 Å². The lowest BCUT2D eigenvalue weighted by atomic mass is 10.1. The number of carbonyl (C=O) groups is 1. The predicted molar refractivity (Wildman–Crippen MR) is 79.1 cm³/mol. The molecule has 2 rings (SSSR count). The predicted octanol–water partition coefficient (Wildman–Crippen LogP) is 1.65. The van der Waals surface area contributed by atoms with Crippen LogP contribution in [0.2, 0.25) is 0 Å². The van der Waals surface area contributed by atoms with Gasteiger partial charge in [-0.25, -0.2) is 0 Å². The van der Waals surface area contributed by atoms with Gasteiger partial charge in [0.05, 0.1) is 12.1 Å². The molecule has 1 saturated carbocycles. The first-order valence-corrected chi connectivity index (χ1v) is 7.06. The summed E-state index contributed by atoms with van der Waals surface area (Å²) in [6, 6.07) is 1.99. The normalized spacial score (nSPS) is 13.8. The van der Waals surface area contributed by atoms with Crippen LogP contribution in [0.5, 0.6) is 0 Å². The van der Waals surface area contributed by atoms with Gasteiger partial charge in [-0.15, -0.1) is 0 Å². The van der Waals surface area contributed by atoms with Gasteiger partial charge in [0.1, 0.15) is 0 Å². The zero-order valence-corrected chi connectivity index (χ0v) is 12.1. The number of rotatable bonds is 4. The fourth-order valence-electron chi connectivity index (χ4n) is 2.05. The number of nitrogens with zero attached hydrogens (tertiary/aromatic N) is 2. The summed E-state index contributed by atoms with van der Waals surface area (Å²) in [5.74, 6) is 6.40. The average Bonchev–Trinajstić information content (AvgIpc) is 3.26. The first kappa shape index (κ1) is 14.5. The van der Waals surface area contributed by atoms with Gasteiger partial charge in [-0.05, 0) is 38.7 Å². The molecule has 1 aliphatic carbocycles. The van der Waals surface area contributed by atoms with Crippen molar-refractivity contribution in [1.29, 1.82) is 0 Å². The number of aromatic nitrogens is 1. The summed E-state index contributed by atoms with van der Waals surface area (Å²) < 4.78 is 0. The van der Waals surface area contributed by atoms with Crippen molar-refractivity contribution in [2.75, 3.05) is 13.1 Å². The summed E-state index contributed by atoms with van der Waals surface area (Å²) in [7, 11) is 0. The van der Waals surface area contributed by atoms with Crippen molar-refractivity contribution >= 4 is 5.91 Å². The van der Waals surface area contributed by atoms with E-state index in [-0.39, 0.29) is 11.9 Å². The van der Waals surface area contributed by atoms with Crippen LogP contribution < -0.4 is 5.73 Å². The van der Waals surface area contributed by atoms with Crippen molar-refractivity contribution in [3.63, 3.8) is 0 Å².